The maximum atomic E-state index is 9.02. The minimum atomic E-state index is 0.318. The van der Waals surface area contributed by atoms with Gasteiger partial charge in [0.1, 0.15) is 0 Å². The van der Waals surface area contributed by atoms with Gasteiger partial charge in [-0.3, -0.25) is 4.57 Å². The van der Waals surface area contributed by atoms with E-state index in [0.29, 0.717) is 33.1 Å². The van der Waals surface area contributed by atoms with Crippen LogP contribution in [0.1, 0.15) is 36.5 Å². The molecule has 4 aromatic rings. The van der Waals surface area contributed by atoms with E-state index in [-0.39, 0.29) is 0 Å². The number of hydrogen-bond donors (Lipinski definition) is 0. The van der Waals surface area contributed by atoms with Gasteiger partial charge in [0.05, 0.1) is 22.3 Å². The summed E-state index contributed by atoms with van der Waals surface area (Å²) in [5, 5.41) is 19.9. The van der Waals surface area contributed by atoms with Gasteiger partial charge >= 0.3 is 0 Å². The van der Waals surface area contributed by atoms with E-state index in [1.165, 1.54) is 5.56 Å². The predicted molar refractivity (Wildman–Crippen MR) is 132 cm³/mol. The molecule has 32 heavy (non-hydrogen) atoms. The summed E-state index contributed by atoms with van der Waals surface area (Å²) in [5.74, 6) is 1.68. The first-order valence-electron chi connectivity index (χ1n) is 10.1. The number of para-hydroxylation sites is 1. The first kappa shape index (κ1) is 22.4. The van der Waals surface area contributed by atoms with Crippen molar-refractivity contribution in [2.24, 2.45) is 0 Å². The largest absolute Gasteiger partial charge is 0.270 e. The molecular weight excluding hydrogens is 459 g/mol. The zero-order valence-corrected chi connectivity index (χ0v) is 19.9. The minimum Gasteiger partial charge on any atom is -0.270 e. The van der Waals surface area contributed by atoms with Crippen LogP contribution < -0.4 is 0 Å². The molecule has 0 aliphatic heterocycles. The summed E-state index contributed by atoms with van der Waals surface area (Å²) in [6, 6.07) is 23.4. The predicted octanol–water partition coefficient (Wildman–Crippen LogP) is 7.53. The van der Waals surface area contributed by atoms with Crippen LogP contribution in [0.25, 0.3) is 17.1 Å². The van der Waals surface area contributed by atoms with Gasteiger partial charge in [-0.1, -0.05) is 79.1 Å². The molecule has 4 rings (SSSR count). The van der Waals surface area contributed by atoms with Crippen LogP contribution in [0.2, 0.25) is 10.0 Å². The van der Waals surface area contributed by atoms with Gasteiger partial charge in [-0.15, -0.1) is 10.2 Å². The van der Waals surface area contributed by atoms with E-state index in [9.17, 15) is 0 Å². The molecule has 0 atom stereocenters. The third kappa shape index (κ3) is 4.68. The molecule has 0 radical (unpaired) electrons. The van der Waals surface area contributed by atoms with Crippen LogP contribution >= 0.6 is 35.0 Å². The number of rotatable bonds is 6. The molecule has 1 heterocycles. The van der Waals surface area contributed by atoms with Crippen LogP contribution in [0.3, 0.4) is 0 Å². The van der Waals surface area contributed by atoms with Crippen molar-refractivity contribution in [1.29, 1.82) is 5.26 Å². The lowest BCUT2D eigenvalue weighted by Gasteiger charge is -2.17. The van der Waals surface area contributed by atoms with E-state index in [0.717, 1.165) is 22.0 Å². The lowest BCUT2D eigenvalue weighted by molar-refractivity contribution is 0.818. The first-order chi connectivity index (χ1) is 15.5. The van der Waals surface area contributed by atoms with Crippen molar-refractivity contribution in [3.05, 3.63) is 93.5 Å². The fourth-order valence-electron chi connectivity index (χ4n) is 3.43. The summed E-state index contributed by atoms with van der Waals surface area (Å²) in [6.07, 6.45) is 0. The van der Waals surface area contributed by atoms with Crippen molar-refractivity contribution in [2.75, 3.05) is 0 Å². The van der Waals surface area contributed by atoms with E-state index < -0.39 is 0 Å². The molecule has 7 heteroatoms. The topological polar surface area (TPSA) is 54.5 Å². The van der Waals surface area contributed by atoms with Crippen LogP contribution in [0, 0.1) is 11.3 Å². The average molecular weight is 479 g/mol. The molecule has 0 bridgehead atoms. The quantitative estimate of drug-likeness (QED) is 0.268. The normalized spacial score (nSPS) is 11.0. The Morgan fingerprint density at radius 1 is 1.00 bits per heavy atom. The van der Waals surface area contributed by atoms with E-state index in [1.807, 2.05) is 42.5 Å². The SMILES string of the molecule is CC(C)c1ccccc1-n1c(SCc2ccc(C#N)cc2)nnc1-c1ccc(Cl)cc1Cl. The lowest BCUT2D eigenvalue weighted by Crippen LogP contribution is -2.05. The van der Waals surface area contributed by atoms with Crippen molar-refractivity contribution >= 4 is 35.0 Å². The molecule has 1 aromatic heterocycles. The molecule has 0 saturated heterocycles. The van der Waals surface area contributed by atoms with E-state index in [2.05, 4.69) is 46.8 Å². The highest BCUT2D eigenvalue weighted by Gasteiger charge is 2.21. The molecule has 0 saturated carbocycles. The van der Waals surface area contributed by atoms with Crippen molar-refractivity contribution < 1.29 is 0 Å². The Morgan fingerprint density at radius 2 is 1.75 bits per heavy atom. The van der Waals surface area contributed by atoms with Crippen LogP contribution in [-0.4, -0.2) is 14.8 Å². The average Bonchev–Trinajstić information content (AvgIpc) is 3.21. The summed E-state index contributed by atoms with van der Waals surface area (Å²) in [4.78, 5) is 0. The standard InChI is InChI=1S/C25H20Cl2N4S/c1-16(2)20-5-3-4-6-23(20)31-24(21-12-11-19(26)13-22(21)27)29-30-25(31)32-15-18-9-7-17(14-28)8-10-18/h3-13,16H,15H2,1-2H3. The van der Waals surface area contributed by atoms with Gasteiger partial charge in [0.25, 0.3) is 0 Å². The smallest absolute Gasteiger partial charge is 0.196 e. The van der Waals surface area contributed by atoms with E-state index in [1.54, 1.807) is 23.9 Å². The number of benzene rings is 3. The lowest BCUT2D eigenvalue weighted by atomic mass is 10.0. The van der Waals surface area contributed by atoms with Crippen LogP contribution in [0.5, 0.6) is 0 Å². The molecule has 0 aliphatic carbocycles. The molecular formula is C25H20Cl2N4S. The van der Waals surface area contributed by atoms with Gasteiger partial charge in [-0.2, -0.15) is 5.26 Å². The zero-order chi connectivity index (χ0) is 22.7. The molecule has 0 unspecified atom stereocenters. The van der Waals surface area contributed by atoms with E-state index >= 15 is 0 Å². The van der Waals surface area contributed by atoms with Crippen LogP contribution in [0.15, 0.2) is 71.9 Å². The number of aromatic nitrogens is 3. The van der Waals surface area contributed by atoms with Crippen molar-refractivity contribution in [2.45, 2.75) is 30.7 Å². The monoisotopic (exact) mass is 478 g/mol. The molecule has 0 spiro atoms. The fraction of sp³-hybridized carbons (Fsp3) is 0.160. The van der Waals surface area contributed by atoms with Crippen LogP contribution in [0.4, 0.5) is 0 Å². The van der Waals surface area contributed by atoms with Gasteiger partial charge in [0.2, 0.25) is 0 Å². The molecule has 0 fully saturated rings. The Bertz CT molecular complexity index is 1290. The van der Waals surface area contributed by atoms with Crippen molar-refractivity contribution in [3.8, 4) is 23.1 Å². The Balaban J connectivity index is 1.80. The number of nitriles is 1. The Hall–Kier alpha value is -2.78. The van der Waals surface area contributed by atoms with Crippen LogP contribution in [-0.2, 0) is 5.75 Å². The second-order valence-electron chi connectivity index (χ2n) is 7.58. The summed E-state index contributed by atoms with van der Waals surface area (Å²) >= 11 is 14.2. The Morgan fingerprint density at radius 3 is 2.44 bits per heavy atom. The van der Waals surface area contributed by atoms with E-state index in [4.69, 9.17) is 28.5 Å². The first-order valence-corrected chi connectivity index (χ1v) is 11.8. The van der Waals surface area contributed by atoms with Gasteiger partial charge in [-0.05, 0) is 53.4 Å². The van der Waals surface area contributed by atoms with Gasteiger partial charge < -0.3 is 0 Å². The second-order valence-corrected chi connectivity index (χ2v) is 9.36. The third-order valence-electron chi connectivity index (χ3n) is 5.06. The summed E-state index contributed by atoms with van der Waals surface area (Å²) in [7, 11) is 0. The number of hydrogen-bond acceptors (Lipinski definition) is 4. The number of nitrogens with zero attached hydrogens (tertiary/aromatic N) is 4. The number of thioether (sulfide) groups is 1. The maximum absolute atomic E-state index is 9.02. The second kappa shape index (κ2) is 9.79. The molecule has 4 nitrogen and oxygen atoms in total. The van der Waals surface area contributed by atoms with Crippen molar-refractivity contribution in [3.63, 3.8) is 0 Å². The van der Waals surface area contributed by atoms with Crippen molar-refractivity contribution in [1.82, 2.24) is 14.8 Å². The Labute approximate surface area is 201 Å². The van der Waals surface area contributed by atoms with Gasteiger partial charge in [-0.25, -0.2) is 0 Å². The fourth-order valence-corrected chi connectivity index (χ4v) is 4.82. The highest BCUT2D eigenvalue weighted by molar-refractivity contribution is 7.98. The van der Waals surface area contributed by atoms with Gasteiger partial charge in [0.15, 0.2) is 11.0 Å². The molecule has 160 valence electrons. The molecule has 0 aliphatic rings. The summed E-state index contributed by atoms with van der Waals surface area (Å²) in [5.41, 5.74) is 4.74. The highest BCUT2D eigenvalue weighted by Crippen LogP contribution is 2.36. The Kier molecular flexibility index (Phi) is 6.86. The molecule has 3 aromatic carbocycles. The molecule has 0 amide bonds. The van der Waals surface area contributed by atoms with Gasteiger partial charge in [0, 0.05) is 16.3 Å². The maximum Gasteiger partial charge on any atom is 0.196 e. The third-order valence-corrected chi connectivity index (χ3v) is 6.60. The molecule has 0 N–H and O–H groups in total. The summed E-state index contributed by atoms with van der Waals surface area (Å²) in [6.45, 7) is 4.34. The highest BCUT2D eigenvalue weighted by atomic mass is 35.5. The minimum absolute atomic E-state index is 0.318. The zero-order valence-electron chi connectivity index (χ0n) is 17.6. The number of halogens is 2. The summed E-state index contributed by atoms with van der Waals surface area (Å²) < 4.78 is 2.07.